The molecular formula is C15H17BrClNS2. The zero-order valence-corrected chi connectivity index (χ0v) is 15.2. The van der Waals surface area contributed by atoms with Crippen molar-refractivity contribution in [2.45, 2.75) is 24.3 Å². The highest BCUT2D eigenvalue weighted by molar-refractivity contribution is 9.11. The molecule has 0 aliphatic carbocycles. The number of thiophene rings is 1. The fourth-order valence-electron chi connectivity index (χ4n) is 1.91. The first-order valence-electron chi connectivity index (χ1n) is 6.53. The van der Waals surface area contributed by atoms with Gasteiger partial charge in [0.05, 0.1) is 3.79 Å². The largest absolute Gasteiger partial charge is 0.313 e. The van der Waals surface area contributed by atoms with Gasteiger partial charge in [0.1, 0.15) is 0 Å². The highest BCUT2D eigenvalue weighted by Crippen LogP contribution is 2.25. The first-order valence-corrected chi connectivity index (χ1v) is 9.50. The second kappa shape index (κ2) is 8.44. The van der Waals surface area contributed by atoms with Crippen molar-refractivity contribution >= 4 is 50.6 Å². The molecule has 0 saturated heterocycles. The number of nitrogens with one attached hydrogen (secondary N) is 1. The van der Waals surface area contributed by atoms with E-state index in [1.807, 2.05) is 35.2 Å². The number of likely N-dealkylation sites (N-methyl/N-ethyl adjacent to an activating group) is 1. The van der Waals surface area contributed by atoms with E-state index in [2.05, 4.69) is 52.4 Å². The molecule has 0 bridgehead atoms. The molecule has 0 radical (unpaired) electrons. The zero-order chi connectivity index (χ0) is 14.4. The summed E-state index contributed by atoms with van der Waals surface area (Å²) in [7, 11) is 0. The number of hydrogen-bond donors (Lipinski definition) is 1. The third-order valence-corrected chi connectivity index (χ3v) is 5.91. The van der Waals surface area contributed by atoms with Gasteiger partial charge < -0.3 is 5.32 Å². The highest BCUT2D eigenvalue weighted by Gasteiger charge is 2.10. The Morgan fingerprint density at radius 1 is 1.25 bits per heavy atom. The van der Waals surface area contributed by atoms with Gasteiger partial charge in [-0.25, -0.2) is 0 Å². The molecule has 0 amide bonds. The summed E-state index contributed by atoms with van der Waals surface area (Å²) < 4.78 is 1.20. The van der Waals surface area contributed by atoms with Gasteiger partial charge in [-0.15, -0.1) is 23.1 Å². The Labute approximate surface area is 142 Å². The summed E-state index contributed by atoms with van der Waals surface area (Å²) in [5.41, 5.74) is 0. The fourth-order valence-corrected chi connectivity index (χ4v) is 4.56. The summed E-state index contributed by atoms with van der Waals surface area (Å²) in [5, 5.41) is 4.36. The summed E-state index contributed by atoms with van der Waals surface area (Å²) >= 11 is 13.1. The van der Waals surface area contributed by atoms with E-state index in [0.717, 1.165) is 23.7 Å². The maximum absolute atomic E-state index is 5.91. The zero-order valence-electron chi connectivity index (χ0n) is 11.2. The number of hydrogen-bond acceptors (Lipinski definition) is 3. The van der Waals surface area contributed by atoms with E-state index in [0.29, 0.717) is 6.04 Å². The van der Waals surface area contributed by atoms with Crippen molar-refractivity contribution in [3.05, 3.63) is 50.1 Å². The standard InChI is InChI=1S/C15H17BrClNS2/c1-2-18-12(9-14-7-8-15(16)20-14)10-19-13-5-3-11(17)4-6-13/h3-8,12,18H,2,9-10H2,1H3. The van der Waals surface area contributed by atoms with Gasteiger partial charge in [0.2, 0.25) is 0 Å². The summed E-state index contributed by atoms with van der Waals surface area (Å²) in [5.74, 6) is 1.06. The van der Waals surface area contributed by atoms with Crippen LogP contribution in [0.5, 0.6) is 0 Å². The SMILES string of the molecule is CCNC(CSc1ccc(Cl)cc1)Cc1ccc(Br)s1. The van der Waals surface area contributed by atoms with E-state index in [1.54, 1.807) is 0 Å². The maximum Gasteiger partial charge on any atom is 0.0701 e. The second-order valence-corrected chi connectivity index (χ2v) is 8.51. The average molecular weight is 391 g/mol. The summed E-state index contributed by atoms with van der Waals surface area (Å²) in [4.78, 5) is 2.68. The molecule has 1 heterocycles. The van der Waals surface area contributed by atoms with Crippen molar-refractivity contribution < 1.29 is 0 Å². The van der Waals surface area contributed by atoms with Gasteiger partial charge in [-0.2, -0.15) is 0 Å². The van der Waals surface area contributed by atoms with Gasteiger partial charge in [0.15, 0.2) is 0 Å². The topological polar surface area (TPSA) is 12.0 Å². The van der Waals surface area contributed by atoms with Gasteiger partial charge in [-0.3, -0.25) is 0 Å². The second-order valence-electron chi connectivity index (χ2n) is 4.43. The van der Waals surface area contributed by atoms with E-state index >= 15 is 0 Å². The van der Waals surface area contributed by atoms with Gasteiger partial charge in [0.25, 0.3) is 0 Å². The van der Waals surface area contributed by atoms with Crippen molar-refractivity contribution in [3.63, 3.8) is 0 Å². The van der Waals surface area contributed by atoms with E-state index in [9.17, 15) is 0 Å². The van der Waals surface area contributed by atoms with Gasteiger partial charge in [-0.05, 0) is 65.3 Å². The van der Waals surface area contributed by atoms with E-state index in [1.165, 1.54) is 13.6 Å². The summed E-state index contributed by atoms with van der Waals surface area (Å²) in [6, 6.07) is 12.9. The van der Waals surface area contributed by atoms with Crippen molar-refractivity contribution in [1.29, 1.82) is 0 Å². The first kappa shape index (κ1) is 16.4. The number of benzene rings is 1. The Hall–Kier alpha value is -0.0000000000000000833. The van der Waals surface area contributed by atoms with Crippen LogP contribution < -0.4 is 5.32 Å². The molecule has 0 saturated carbocycles. The van der Waals surface area contributed by atoms with Crippen LogP contribution in [0.3, 0.4) is 0 Å². The molecule has 1 N–H and O–H groups in total. The predicted octanol–water partition coefficient (Wildman–Crippen LogP) is 5.48. The van der Waals surface area contributed by atoms with Crippen LogP contribution in [0.2, 0.25) is 5.02 Å². The molecule has 20 heavy (non-hydrogen) atoms. The van der Waals surface area contributed by atoms with Crippen LogP contribution >= 0.6 is 50.6 Å². The Morgan fingerprint density at radius 3 is 2.60 bits per heavy atom. The number of thioether (sulfide) groups is 1. The molecule has 1 aromatic heterocycles. The predicted molar refractivity (Wildman–Crippen MR) is 95.4 cm³/mol. The lowest BCUT2D eigenvalue weighted by Crippen LogP contribution is -2.32. The van der Waals surface area contributed by atoms with Crippen molar-refractivity contribution in [2.75, 3.05) is 12.3 Å². The fraction of sp³-hybridized carbons (Fsp3) is 0.333. The van der Waals surface area contributed by atoms with Gasteiger partial charge in [-0.1, -0.05) is 18.5 Å². The molecule has 2 aromatic rings. The van der Waals surface area contributed by atoms with Crippen LogP contribution in [-0.4, -0.2) is 18.3 Å². The molecule has 1 atom stereocenters. The summed E-state index contributed by atoms with van der Waals surface area (Å²) in [6.07, 6.45) is 1.07. The van der Waals surface area contributed by atoms with Crippen LogP contribution in [0.25, 0.3) is 0 Å². The van der Waals surface area contributed by atoms with Gasteiger partial charge in [0, 0.05) is 26.6 Å². The van der Waals surface area contributed by atoms with Crippen molar-refractivity contribution in [2.24, 2.45) is 0 Å². The van der Waals surface area contributed by atoms with Gasteiger partial charge >= 0.3 is 0 Å². The molecule has 0 aliphatic heterocycles. The third-order valence-electron chi connectivity index (χ3n) is 2.83. The molecule has 2 rings (SSSR count). The van der Waals surface area contributed by atoms with Crippen LogP contribution in [0.1, 0.15) is 11.8 Å². The molecule has 5 heteroatoms. The van der Waals surface area contributed by atoms with Crippen LogP contribution in [0.15, 0.2) is 45.1 Å². The lowest BCUT2D eigenvalue weighted by molar-refractivity contribution is 0.576. The lowest BCUT2D eigenvalue weighted by atomic mass is 10.2. The Kier molecular flexibility index (Phi) is 6.91. The Balaban J connectivity index is 1.90. The lowest BCUT2D eigenvalue weighted by Gasteiger charge is -2.16. The molecule has 108 valence electrons. The highest BCUT2D eigenvalue weighted by atomic mass is 79.9. The molecule has 0 aliphatic rings. The molecule has 1 aromatic carbocycles. The van der Waals surface area contributed by atoms with Crippen LogP contribution in [-0.2, 0) is 6.42 Å². The quantitative estimate of drug-likeness (QED) is 0.628. The van der Waals surface area contributed by atoms with Crippen molar-refractivity contribution in [3.8, 4) is 0 Å². The normalized spacial score (nSPS) is 12.6. The first-order chi connectivity index (χ1) is 9.67. The average Bonchev–Trinajstić information content (AvgIpc) is 2.83. The van der Waals surface area contributed by atoms with Crippen molar-refractivity contribution in [1.82, 2.24) is 5.32 Å². The van der Waals surface area contributed by atoms with E-state index in [4.69, 9.17) is 11.6 Å². The van der Waals surface area contributed by atoms with Crippen LogP contribution in [0.4, 0.5) is 0 Å². The monoisotopic (exact) mass is 389 g/mol. The Bertz CT molecular complexity index is 527. The molecule has 1 unspecified atom stereocenters. The molecule has 1 nitrogen and oxygen atoms in total. The summed E-state index contributed by atoms with van der Waals surface area (Å²) in [6.45, 7) is 3.16. The smallest absolute Gasteiger partial charge is 0.0701 e. The minimum Gasteiger partial charge on any atom is -0.313 e. The molecular weight excluding hydrogens is 374 g/mol. The Morgan fingerprint density at radius 2 is 2.00 bits per heavy atom. The van der Waals surface area contributed by atoms with E-state index < -0.39 is 0 Å². The molecule has 0 spiro atoms. The third kappa shape index (κ3) is 5.41. The minimum atomic E-state index is 0.492. The number of halogens is 2. The van der Waals surface area contributed by atoms with E-state index in [-0.39, 0.29) is 0 Å². The number of rotatable bonds is 7. The molecule has 0 fully saturated rings. The maximum atomic E-state index is 5.91. The minimum absolute atomic E-state index is 0.492. The van der Waals surface area contributed by atoms with Crippen LogP contribution in [0, 0.1) is 0 Å².